The fourth-order valence-corrected chi connectivity index (χ4v) is 4.64. The van der Waals surface area contributed by atoms with Crippen molar-refractivity contribution in [3.63, 3.8) is 0 Å². The van der Waals surface area contributed by atoms with Crippen LogP contribution < -0.4 is 10.9 Å². The third-order valence-electron chi connectivity index (χ3n) is 5.37. The molecule has 0 unspecified atom stereocenters. The molecule has 1 fully saturated rings. The van der Waals surface area contributed by atoms with E-state index in [1.807, 2.05) is 32.0 Å². The number of aromatic nitrogens is 2. The van der Waals surface area contributed by atoms with Crippen LogP contribution in [0.3, 0.4) is 0 Å². The van der Waals surface area contributed by atoms with Crippen LogP contribution in [0.4, 0.5) is 0 Å². The van der Waals surface area contributed by atoms with Crippen LogP contribution in [0.2, 0.25) is 0 Å². The van der Waals surface area contributed by atoms with Crippen LogP contribution in [0.25, 0.3) is 0 Å². The zero-order valence-corrected chi connectivity index (χ0v) is 18.6. The topological polar surface area (TPSA) is 84.0 Å². The number of rotatable bonds is 7. The van der Waals surface area contributed by atoms with Gasteiger partial charge in [0.1, 0.15) is 0 Å². The molecule has 0 bridgehead atoms. The first kappa shape index (κ1) is 22.3. The van der Waals surface area contributed by atoms with E-state index in [4.69, 9.17) is 0 Å². The minimum atomic E-state index is -0.308. The standard InChI is InChI=1S/C23H30N4O2S/c1-16-14-17(2)25-23(24-16)30-15-19-8-11-20(12-9-19)22(29)27-26-21(28)13-10-18-6-4-3-5-7-18/h8-9,11-12,14,18H,3-7,10,13,15H2,1-2H3,(H,26,28)(H,27,29). The van der Waals surface area contributed by atoms with Crippen molar-refractivity contribution >= 4 is 23.6 Å². The van der Waals surface area contributed by atoms with Gasteiger partial charge >= 0.3 is 0 Å². The molecular formula is C23H30N4O2S. The molecule has 6 nitrogen and oxygen atoms in total. The zero-order valence-electron chi connectivity index (χ0n) is 17.7. The van der Waals surface area contributed by atoms with Crippen LogP contribution in [-0.4, -0.2) is 21.8 Å². The Morgan fingerprint density at radius 3 is 2.33 bits per heavy atom. The van der Waals surface area contributed by atoms with Gasteiger partial charge in [0, 0.05) is 29.1 Å². The average Bonchev–Trinajstić information content (AvgIpc) is 2.75. The van der Waals surface area contributed by atoms with Gasteiger partial charge in [-0.15, -0.1) is 0 Å². The molecule has 1 aliphatic rings. The van der Waals surface area contributed by atoms with Gasteiger partial charge in [-0.25, -0.2) is 9.97 Å². The molecular weight excluding hydrogens is 396 g/mol. The highest BCUT2D eigenvalue weighted by Gasteiger charge is 2.15. The first-order valence-corrected chi connectivity index (χ1v) is 11.6. The Labute approximate surface area is 182 Å². The van der Waals surface area contributed by atoms with Gasteiger partial charge in [0.05, 0.1) is 0 Å². The maximum Gasteiger partial charge on any atom is 0.269 e. The molecule has 2 amide bonds. The molecule has 0 atom stereocenters. The molecule has 2 N–H and O–H groups in total. The van der Waals surface area contributed by atoms with E-state index in [1.54, 1.807) is 23.9 Å². The summed E-state index contributed by atoms with van der Waals surface area (Å²) < 4.78 is 0. The van der Waals surface area contributed by atoms with Crippen LogP contribution in [-0.2, 0) is 10.5 Å². The molecule has 1 aliphatic carbocycles. The summed E-state index contributed by atoms with van der Waals surface area (Å²) in [5.41, 5.74) is 8.55. The Kier molecular flexibility index (Phi) is 8.25. The first-order valence-electron chi connectivity index (χ1n) is 10.6. The number of nitrogens with one attached hydrogen (secondary N) is 2. The van der Waals surface area contributed by atoms with Crippen molar-refractivity contribution in [2.24, 2.45) is 5.92 Å². The molecule has 0 saturated heterocycles. The summed E-state index contributed by atoms with van der Waals surface area (Å²) in [5.74, 6) is 0.941. The van der Waals surface area contributed by atoms with Gasteiger partial charge in [-0.3, -0.25) is 20.4 Å². The summed E-state index contributed by atoms with van der Waals surface area (Å²) in [5, 5.41) is 0.755. The number of benzene rings is 1. The Morgan fingerprint density at radius 1 is 1.00 bits per heavy atom. The highest BCUT2D eigenvalue weighted by atomic mass is 32.2. The second-order valence-corrected chi connectivity index (χ2v) is 8.91. The Balaban J connectivity index is 1.41. The lowest BCUT2D eigenvalue weighted by atomic mass is 9.86. The van der Waals surface area contributed by atoms with Gasteiger partial charge in [0.2, 0.25) is 5.91 Å². The van der Waals surface area contributed by atoms with Crippen LogP contribution in [0, 0.1) is 19.8 Å². The molecule has 1 aromatic carbocycles. The van der Waals surface area contributed by atoms with Crippen molar-refractivity contribution in [2.45, 2.75) is 69.7 Å². The van der Waals surface area contributed by atoms with Gasteiger partial charge in [0.25, 0.3) is 5.91 Å². The number of aryl methyl sites for hydroxylation is 2. The van der Waals surface area contributed by atoms with E-state index in [0.29, 0.717) is 17.9 Å². The van der Waals surface area contributed by atoms with Crippen molar-refractivity contribution < 1.29 is 9.59 Å². The first-order chi connectivity index (χ1) is 14.5. The summed E-state index contributed by atoms with van der Waals surface area (Å²) in [7, 11) is 0. The number of hydrogen-bond acceptors (Lipinski definition) is 5. The lowest BCUT2D eigenvalue weighted by Crippen LogP contribution is -2.41. The predicted octanol–water partition coefficient (Wildman–Crippen LogP) is 4.51. The van der Waals surface area contributed by atoms with Gasteiger partial charge < -0.3 is 0 Å². The lowest BCUT2D eigenvalue weighted by molar-refractivity contribution is -0.122. The molecule has 160 valence electrons. The molecule has 1 heterocycles. The number of thioether (sulfide) groups is 1. The third kappa shape index (κ3) is 7.13. The van der Waals surface area contributed by atoms with Crippen LogP contribution >= 0.6 is 11.8 Å². The van der Waals surface area contributed by atoms with Gasteiger partial charge in [-0.2, -0.15) is 0 Å². The van der Waals surface area contributed by atoms with E-state index in [9.17, 15) is 9.59 Å². The summed E-state index contributed by atoms with van der Waals surface area (Å²) in [6.45, 7) is 3.92. The van der Waals surface area contributed by atoms with Crippen molar-refractivity contribution in [2.75, 3.05) is 0 Å². The lowest BCUT2D eigenvalue weighted by Gasteiger charge is -2.21. The summed E-state index contributed by atoms with van der Waals surface area (Å²) in [6, 6.07) is 9.31. The monoisotopic (exact) mass is 426 g/mol. The molecule has 1 saturated carbocycles. The van der Waals surface area contributed by atoms with Crippen molar-refractivity contribution in [1.82, 2.24) is 20.8 Å². The number of carbonyl (C=O) groups excluding carboxylic acids is 2. The Morgan fingerprint density at radius 2 is 1.67 bits per heavy atom. The minimum absolute atomic E-state index is 0.129. The number of hydrogen-bond donors (Lipinski definition) is 2. The second kappa shape index (κ2) is 11.1. The van der Waals surface area contributed by atoms with Gasteiger partial charge in [-0.1, -0.05) is 56.0 Å². The highest BCUT2D eigenvalue weighted by Crippen LogP contribution is 2.27. The third-order valence-corrected chi connectivity index (χ3v) is 6.28. The summed E-state index contributed by atoms with van der Waals surface area (Å²) in [6.07, 6.45) is 7.67. The molecule has 30 heavy (non-hydrogen) atoms. The van der Waals surface area contributed by atoms with E-state index in [1.165, 1.54) is 32.1 Å². The summed E-state index contributed by atoms with van der Waals surface area (Å²) in [4.78, 5) is 33.1. The largest absolute Gasteiger partial charge is 0.273 e. The van der Waals surface area contributed by atoms with Crippen molar-refractivity contribution in [3.05, 3.63) is 52.8 Å². The smallest absolute Gasteiger partial charge is 0.269 e. The number of nitrogens with zero attached hydrogens (tertiary/aromatic N) is 2. The fourth-order valence-electron chi connectivity index (χ4n) is 3.73. The van der Waals surface area contributed by atoms with Crippen LogP contribution in [0.5, 0.6) is 0 Å². The minimum Gasteiger partial charge on any atom is -0.273 e. The molecule has 3 rings (SSSR count). The second-order valence-electron chi connectivity index (χ2n) is 7.96. The maximum absolute atomic E-state index is 12.3. The molecule has 0 aliphatic heterocycles. The van der Waals surface area contributed by atoms with E-state index in [2.05, 4.69) is 20.8 Å². The number of hydrazine groups is 1. The Hall–Kier alpha value is -2.41. The molecule has 1 aromatic heterocycles. The van der Waals surface area contributed by atoms with Crippen LogP contribution in [0.1, 0.15) is 72.3 Å². The number of carbonyl (C=O) groups is 2. The predicted molar refractivity (Wildman–Crippen MR) is 119 cm³/mol. The van der Waals surface area contributed by atoms with E-state index >= 15 is 0 Å². The van der Waals surface area contributed by atoms with Crippen molar-refractivity contribution in [1.29, 1.82) is 0 Å². The average molecular weight is 427 g/mol. The maximum atomic E-state index is 12.3. The fraction of sp³-hybridized carbons (Fsp3) is 0.478. The quantitative estimate of drug-likeness (QED) is 0.387. The van der Waals surface area contributed by atoms with Gasteiger partial charge in [0.15, 0.2) is 5.16 Å². The SMILES string of the molecule is Cc1cc(C)nc(SCc2ccc(C(=O)NNC(=O)CCC3CCCCC3)cc2)n1. The highest BCUT2D eigenvalue weighted by molar-refractivity contribution is 7.98. The van der Waals surface area contributed by atoms with Crippen molar-refractivity contribution in [3.8, 4) is 0 Å². The number of amides is 2. The Bertz CT molecular complexity index is 844. The zero-order chi connectivity index (χ0) is 21.3. The normalized spacial score (nSPS) is 14.3. The molecule has 0 spiro atoms. The summed E-state index contributed by atoms with van der Waals surface area (Å²) >= 11 is 1.57. The molecule has 2 aromatic rings. The van der Waals surface area contributed by atoms with E-state index in [0.717, 1.165) is 34.3 Å². The van der Waals surface area contributed by atoms with Gasteiger partial charge in [-0.05, 0) is 49.9 Å². The molecule has 0 radical (unpaired) electrons. The molecule has 7 heteroatoms. The van der Waals surface area contributed by atoms with E-state index < -0.39 is 0 Å². The van der Waals surface area contributed by atoms with Crippen LogP contribution in [0.15, 0.2) is 35.5 Å². The van der Waals surface area contributed by atoms with E-state index in [-0.39, 0.29) is 11.8 Å².